The molecule has 1 aromatic carbocycles. The summed E-state index contributed by atoms with van der Waals surface area (Å²) in [6.45, 7) is 3.85. The van der Waals surface area contributed by atoms with Crippen molar-refractivity contribution in [3.63, 3.8) is 0 Å². The molecular formula is C14H15F3N4O2. The van der Waals surface area contributed by atoms with E-state index in [4.69, 9.17) is 10.3 Å². The molecule has 0 radical (unpaired) electrons. The fourth-order valence-electron chi connectivity index (χ4n) is 1.82. The van der Waals surface area contributed by atoms with Crippen LogP contribution in [0.1, 0.15) is 17.0 Å². The van der Waals surface area contributed by atoms with Crippen LogP contribution in [-0.2, 0) is 6.54 Å². The Kier molecular flexibility index (Phi) is 4.77. The highest BCUT2D eigenvalue weighted by atomic mass is 19.4. The van der Waals surface area contributed by atoms with E-state index in [1.165, 1.54) is 24.3 Å². The lowest BCUT2D eigenvalue weighted by Crippen LogP contribution is -2.22. The molecule has 0 unspecified atom stereocenters. The molecule has 0 saturated heterocycles. The first kappa shape index (κ1) is 16.7. The Balaban J connectivity index is 1.97. The highest BCUT2D eigenvalue weighted by molar-refractivity contribution is 5.92. The number of nitrogens with two attached hydrogens (primary N) is 1. The SMILES string of the molecule is Cc1noc(C)c1CN=C(N)Nc1ccc(OC(F)(F)F)cc1. The summed E-state index contributed by atoms with van der Waals surface area (Å²) in [5.41, 5.74) is 7.79. The molecule has 3 N–H and O–H groups in total. The Morgan fingerprint density at radius 2 is 1.96 bits per heavy atom. The van der Waals surface area contributed by atoms with Gasteiger partial charge in [0.25, 0.3) is 0 Å². The van der Waals surface area contributed by atoms with Crippen molar-refractivity contribution in [1.29, 1.82) is 0 Å². The third kappa shape index (κ3) is 4.90. The van der Waals surface area contributed by atoms with Crippen molar-refractivity contribution in [3.8, 4) is 5.75 Å². The van der Waals surface area contributed by atoms with Crippen molar-refractivity contribution < 1.29 is 22.4 Å². The van der Waals surface area contributed by atoms with Gasteiger partial charge in [-0.05, 0) is 38.1 Å². The number of rotatable bonds is 4. The van der Waals surface area contributed by atoms with E-state index in [1.54, 1.807) is 13.8 Å². The smallest absolute Gasteiger partial charge is 0.406 e. The maximum absolute atomic E-state index is 12.1. The summed E-state index contributed by atoms with van der Waals surface area (Å²) in [5, 5.41) is 6.58. The minimum atomic E-state index is -4.72. The Labute approximate surface area is 130 Å². The molecule has 1 aromatic heterocycles. The highest BCUT2D eigenvalue weighted by Gasteiger charge is 2.30. The van der Waals surface area contributed by atoms with Crippen LogP contribution in [0.5, 0.6) is 5.75 Å². The van der Waals surface area contributed by atoms with Gasteiger partial charge in [-0.3, -0.25) is 0 Å². The summed E-state index contributed by atoms with van der Waals surface area (Å²) in [6, 6.07) is 5.16. The van der Waals surface area contributed by atoms with Crippen LogP contribution in [0.2, 0.25) is 0 Å². The van der Waals surface area contributed by atoms with E-state index < -0.39 is 6.36 Å². The summed E-state index contributed by atoms with van der Waals surface area (Å²) in [5.74, 6) is 0.469. The van der Waals surface area contributed by atoms with Crippen molar-refractivity contribution >= 4 is 11.6 Å². The molecule has 1 heterocycles. The van der Waals surface area contributed by atoms with Crippen molar-refractivity contribution in [2.24, 2.45) is 10.7 Å². The second-order valence-electron chi connectivity index (χ2n) is 4.70. The molecule has 0 fully saturated rings. The van der Waals surface area contributed by atoms with Crippen LogP contribution in [0, 0.1) is 13.8 Å². The highest BCUT2D eigenvalue weighted by Crippen LogP contribution is 2.23. The topological polar surface area (TPSA) is 85.7 Å². The predicted molar refractivity (Wildman–Crippen MR) is 78.1 cm³/mol. The third-order valence-corrected chi connectivity index (χ3v) is 2.95. The number of aliphatic imine (C=N–C) groups is 1. The molecule has 9 heteroatoms. The number of nitrogens with zero attached hydrogens (tertiary/aromatic N) is 2. The first-order valence-electron chi connectivity index (χ1n) is 6.59. The number of hydrogen-bond acceptors (Lipinski definition) is 4. The largest absolute Gasteiger partial charge is 0.573 e. The number of nitrogens with one attached hydrogen (secondary N) is 1. The summed E-state index contributed by atoms with van der Waals surface area (Å²) >= 11 is 0. The predicted octanol–water partition coefficient (Wildman–Crippen LogP) is 3.12. The number of guanidine groups is 1. The van der Waals surface area contributed by atoms with Crippen LogP contribution in [0.15, 0.2) is 33.8 Å². The molecule has 0 atom stereocenters. The minimum absolute atomic E-state index is 0.120. The van der Waals surface area contributed by atoms with Gasteiger partial charge < -0.3 is 20.3 Å². The quantitative estimate of drug-likeness (QED) is 0.665. The minimum Gasteiger partial charge on any atom is -0.406 e. The number of anilines is 1. The van der Waals surface area contributed by atoms with Gasteiger partial charge in [-0.2, -0.15) is 0 Å². The van der Waals surface area contributed by atoms with Gasteiger partial charge in [0.15, 0.2) is 5.96 Å². The van der Waals surface area contributed by atoms with Crippen LogP contribution < -0.4 is 15.8 Å². The number of alkyl halides is 3. The summed E-state index contributed by atoms with van der Waals surface area (Å²) in [6.07, 6.45) is -4.72. The van der Waals surface area contributed by atoms with E-state index >= 15 is 0 Å². The molecule has 0 aliphatic heterocycles. The summed E-state index contributed by atoms with van der Waals surface area (Å²) in [7, 11) is 0. The molecule has 0 aliphatic rings. The van der Waals surface area contributed by atoms with Crippen molar-refractivity contribution in [1.82, 2.24) is 5.16 Å². The standard InChI is InChI=1S/C14H15F3N4O2/c1-8-12(9(2)23-21-8)7-19-13(18)20-10-3-5-11(6-4-10)22-14(15,16)17/h3-6H,7H2,1-2H3,(H3,18,19,20). The number of ether oxygens (including phenoxy) is 1. The summed E-state index contributed by atoms with van der Waals surface area (Å²) in [4.78, 5) is 4.14. The van der Waals surface area contributed by atoms with Crippen molar-refractivity contribution in [3.05, 3.63) is 41.3 Å². The number of aryl methyl sites for hydroxylation is 2. The fourth-order valence-corrected chi connectivity index (χ4v) is 1.82. The Bertz CT molecular complexity index is 674. The second kappa shape index (κ2) is 6.59. The van der Waals surface area contributed by atoms with E-state index in [-0.39, 0.29) is 18.3 Å². The number of benzene rings is 1. The number of hydrogen-bond donors (Lipinski definition) is 2. The van der Waals surface area contributed by atoms with E-state index in [1.807, 2.05) is 0 Å². The molecule has 0 bridgehead atoms. The first-order valence-corrected chi connectivity index (χ1v) is 6.59. The lowest BCUT2D eigenvalue weighted by atomic mass is 10.2. The average molecular weight is 328 g/mol. The zero-order chi connectivity index (χ0) is 17.0. The van der Waals surface area contributed by atoms with Crippen LogP contribution >= 0.6 is 0 Å². The Morgan fingerprint density at radius 3 is 2.48 bits per heavy atom. The molecule has 0 spiro atoms. The van der Waals surface area contributed by atoms with Gasteiger partial charge in [0.2, 0.25) is 0 Å². The maximum Gasteiger partial charge on any atom is 0.573 e. The molecule has 23 heavy (non-hydrogen) atoms. The maximum atomic E-state index is 12.1. The van der Waals surface area contributed by atoms with Crippen molar-refractivity contribution in [2.45, 2.75) is 26.8 Å². The van der Waals surface area contributed by atoms with Gasteiger partial charge in [0.05, 0.1) is 12.2 Å². The van der Waals surface area contributed by atoms with Gasteiger partial charge in [-0.1, -0.05) is 5.16 Å². The van der Waals surface area contributed by atoms with Gasteiger partial charge in [-0.15, -0.1) is 13.2 Å². The van der Waals surface area contributed by atoms with E-state index in [9.17, 15) is 13.2 Å². The van der Waals surface area contributed by atoms with Gasteiger partial charge in [-0.25, -0.2) is 4.99 Å². The lowest BCUT2D eigenvalue weighted by Gasteiger charge is -2.10. The molecule has 0 aliphatic carbocycles. The Hall–Kier alpha value is -2.71. The molecule has 0 saturated carbocycles. The fraction of sp³-hybridized carbons (Fsp3) is 0.286. The van der Waals surface area contributed by atoms with Gasteiger partial charge in [0, 0.05) is 11.3 Å². The van der Waals surface area contributed by atoms with E-state index in [0.29, 0.717) is 11.4 Å². The normalized spacial score (nSPS) is 12.3. The third-order valence-electron chi connectivity index (χ3n) is 2.95. The molecular weight excluding hydrogens is 313 g/mol. The monoisotopic (exact) mass is 328 g/mol. The zero-order valence-electron chi connectivity index (χ0n) is 12.4. The summed E-state index contributed by atoms with van der Waals surface area (Å²) < 4.78 is 45.0. The van der Waals surface area contributed by atoms with Gasteiger partial charge in [0.1, 0.15) is 11.5 Å². The lowest BCUT2D eigenvalue weighted by molar-refractivity contribution is -0.274. The van der Waals surface area contributed by atoms with E-state index in [0.717, 1.165) is 11.3 Å². The van der Waals surface area contributed by atoms with Crippen LogP contribution in [0.3, 0.4) is 0 Å². The van der Waals surface area contributed by atoms with Gasteiger partial charge >= 0.3 is 6.36 Å². The molecule has 2 aromatic rings. The Morgan fingerprint density at radius 1 is 1.30 bits per heavy atom. The van der Waals surface area contributed by atoms with E-state index in [2.05, 4.69) is 20.2 Å². The van der Waals surface area contributed by atoms with Crippen LogP contribution in [0.25, 0.3) is 0 Å². The number of aromatic nitrogens is 1. The average Bonchev–Trinajstić information content (AvgIpc) is 2.76. The first-order chi connectivity index (χ1) is 10.7. The van der Waals surface area contributed by atoms with Crippen molar-refractivity contribution in [2.75, 3.05) is 5.32 Å². The molecule has 6 nitrogen and oxygen atoms in total. The molecule has 2 rings (SSSR count). The molecule has 0 amide bonds. The second-order valence-corrected chi connectivity index (χ2v) is 4.70. The zero-order valence-corrected chi connectivity index (χ0v) is 12.4. The van der Waals surface area contributed by atoms with Crippen LogP contribution in [-0.4, -0.2) is 17.5 Å². The number of halogens is 3. The molecule has 124 valence electrons. The van der Waals surface area contributed by atoms with Crippen LogP contribution in [0.4, 0.5) is 18.9 Å².